The van der Waals surface area contributed by atoms with Crippen LogP contribution in [0.5, 0.6) is 0 Å². The van der Waals surface area contributed by atoms with E-state index in [1.807, 2.05) is 0 Å². The van der Waals surface area contributed by atoms with Crippen LogP contribution < -0.4 is 5.32 Å². The summed E-state index contributed by atoms with van der Waals surface area (Å²) in [5.74, 6) is 6.23. The SMILES string of the molecule is CC#Cc1sc2c(NC3CCN(C)CC3)nccc2c1CC(F)(F)F. The molecule has 3 heterocycles. The van der Waals surface area contributed by atoms with Gasteiger partial charge in [0.25, 0.3) is 0 Å². The van der Waals surface area contributed by atoms with Crippen molar-refractivity contribution >= 4 is 27.2 Å². The number of nitrogens with zero attached hydrogens (tertiary/aromatic N) is 2. The van der Waals surface area contributed by atoms with E-state index in [-0.39, 0.29) is 5.56 Å². The predicted molar refractivity (Wildman–Crippen MR) is 96.1 cm³/mol. The summed E-state index contributed by atoms with van der Waals surface area (Å²) in [6.45, 7) is 3.64. The third kappa shape index (κ3) is 4.25. The van der Waals surface area contributed by atoms with E-state index < -0.39 is 12.6 Å². The fourth-order valence-corrected chi connectivity index (χ4v) is 4.29. The largest absolute Gasteiger partial charge is 0.393 e. The number of hydrogen-bond donors (Lipinski definition) is 1. The predicted octanol–water partition coefficient (Wildman–Crippen LogP) is 4.28. The molecule has 3 rings (SSSR count). The maximum Gasteiger partial charge on any atom is 0.393 e. The van der Waals surface area contributed by atoms with Gasteiger partial charge in [0, 0.05) is 17.6 Å². The number of nitrogens with one attached hydrogen (secondary N) is 1. The van der Waals surface area contributed by atoms with Crippen LogP contribution in [-0.4, -0.2) is 42.2 Å². The standard InChI is InChI=1S/C18H20F3N3S/c1-3-4-15-14(11-18(19,20)21)13-5-8-22-17(16(13)25-15)23-12-6-9-24(2)10-7-12/h5,8,12H,6-7,9-11H2,1-2H3,(H,22,23). The van der Waals surface area contributed by atoms with Gasteiger partial charge in [-0.2, -0.15) is 13.2 Å². The number of thiophene rings is 1. The Balaban J connectivity index is 1.97. The Bertz CT molecular complexity index is 809. The van der Waals surface area contributed by atoms with Gasteiger partial charge in [-0.05, 0) is 51.5 Å². The van der Waals surface area contributed by atoms with Gasteiger partial charge in [-0.3, -0.25) is 0 Å². The van der Waals surface area contributed by atoms with Gasteiger partial charge < -0.3 is 10.2 Å². The van der Waals surface area contributed by atoms with Gasteiger partial charge in [0.05, 0.1) is 16.0 Å². The van der Waals surface area contributed by atoms with E-state index in [1.54, 1.807) is 19.2 Å². The van der Waals surface area contributed by atoms with Crippen LogP contribution in [0.15, 0.2) is 12.3 Å². The zero-order chi connectivity index (χ0) is 18.0. The highest BCUT2D eigenvalue weighted by molar-refractivity contribution is 7.20. The summed E-state index contributed by atoms with van der Waals surface area (Å²) in [4.78, 5) is 7.14. The van der Waals surface area contributed by atoms with E-state index in [4.69, 9.17) is 0 Å². The van der Waals surface area contributed by atoms with Gasteiger partial charge in [-0.25, -0.2) is 4.98 Å². The lowest BCUT2D eigenvalue weighted by molar-refractivity contribution is -0.126. The van der Waals surface area contributed by atoms with Crippen LogP contribution in [0.4, 0.5) is 19.0 Å². The average Bonchev–Trinajstić information content (AvgIpc) is 2.87. The van der Waals surface area contributed by atoms with Crippen molar-refractivity contribution < 1.29 is 13.2 Å². The fraction of sp³-hybridized carbons (Fsp3) is 0.500. The Hall–Kier alpha value is -1.78. The highest BCUT2D eigenvalue weighted by Gasteiger charge is 2.31. The van der Waals surface area contributed by atoms with Gasteiger partial charge in [0.2, 0.25) is 0 Å². The molecular formula is C18H20F3N3S. The van der Waals surface area contributed by atoms with Crippen LogP contribution in [0, 0.1) is 11.8 Å². The molecule has 0 amide bonds. The first kappa shape index (κ1) is 18.0. The molecule has 0 saturated carbocycles. The maximum atomic E-state index is 13.0. The first-order valence-corrected chi connectivity index (χ1v) is 9.04. The number of halogens is 3. The molecular weight excluding hydrogens is 347 g/mol. The number of pyridine rings is 1. The van der Waals surface area contributed by atoms with Gasteiger partial charge in [-0.1, -0.05) is 5.92 Å². The molecule has 1 fully saturated rings. The molecule has 134 valence electrons. The number of hydrogen-bond acceptors (Lipinski definition) is 4. The normalized spacial score (nSPS) is 16.7. The number of rotatable bonds is 3. The summed E-state index contributed by atoms with van der Waals surface area (Å²) < 4.78 is 39.8. The first-order chi connectivity index (χ1) is 11.9. The van der Waals surface area contributed by atoms with Crippen molar-refractivity contribution in [3.8, 4) is 11.8 Å². The zero-order valence-corrected chi connectivity index (χ0v) is 15.0. The number of aromatic nitrogens is 1. The number of alkyl halides is 3. The summed E-state index contributed by atoms with van der Waals surface area (Å²) in [5, 5.41) is 4.04. The molecule has 25 heavy (non-hydrogen) atoms. The molecule has 1 N–H and O–H groups in total. The van der Waals surface area contributed by atoms with Crippen molar-refractivity contribution in [1.29, 1.82) is 0 Å². The van der Waals surface area contributed by atoms with Crippen molar-refractivity contribution in [2.24, 2.45) is 0 Å². The second-order valence-corrected chi connectivity index (χ2v) is 7.36. The van der Waals surface area contributed by atoms with Crippen molar-refractivity contribution in [1.82, 2.24) is 9.88 Å². The molecule has 7 heteroatoms. The Morgan fingerprint density at radius 1 is 1.36 bits per heavy atom. The summed E-state index contributed by atoms with van der Waals surface area (Å²) in [5.41, 5.74) is 0.260. The molecule has 0 radical (unpaired) electrons. The Morgan fingerprint density at radius 2 is 2.08 bits per heavy atom. The molecule has 1 aliphatic rings. The number of likely N-dealkylation sites (tertiary alicyclic amines) is 1. The van der Waals surface area contributed by atoms with Crippen LogP contribution >= 0.6 is 11.3 Å². The van der Waals surface area contributed by atoms with E-state index in [2.05, 4.69) is 34.1 Å². The topological polar surface area (TPSA) is 28.2 Å². The fourth-order valence-electron chi connectivity index (χ4n) is 3.11. The highest BCUT2D eigenvalue weighted by Crippen LogP contribution is 2.38. The third-order valence-corrected chi connectivity index (χ3v) is 5.55. The van der Waals surface area contributed by atoms with Crippen molar-refractivity contribution in [3.63, 3.8) is 0 Å². The molecule has 3 nitrogen and oxygen atoms in total. The third-order valence-electron chi connectivity index (χ3n) is 4.38. The Kier molecular flexibility index (Phi) is 5.21. The van der Waals surface area contributed by atoms with Crippen LogP contribution in [0.1, 0.15) is 30.2 Å². The maximum absolute atomic E-state index is 13.0. The van der Waals surface area contributed by atoms with E-state index in [0.29, 0.717) is 22.1 Å². The summed E-state index contributed by atoms with van der Waals surface area (Å²) in [6.07, 6.45) is -1.65. The molecule has 0 aromatic carbocycles. The average molecular weight is 367 g/mol. The van der Waals surface area contributed by atoms with Crippen molar-refractivity contribution in [2.45, 2.75) is 38.4 Å². The molecule has 2 aromatic rings. The van der Waals surface area contributed by atoms with Crippen LogP contribution in [0.25, 0.3) is 10.1 Å². The summed E-state index contributed by atoms with van der Waals surface area (Å²) >= 11 is 1.30. The number of anilines is 1. The highest BCUT2D eigenvalue weighted by atomic mass is 32.1. The minimum Gasteiger partial charge on any atom is -0.366 e. The Labute approximate surface area is 149 Å². The quantitative estimate of drug-likeness (QED) is 0.821. The van der Waals surface area contributed by atoms with Gasteiger partial charge in [-0.15, -0.1) is 17.3 Å². The zero-order valence-electron chi connectivity index (χ0n) is 14.2. The van der Waals surface area contributed by atoms with Crippen LogP contribution in [-0.2, 0) is 6.42 Å². The van der Waals surface area contributed by atoms with Crippen LogP contribution in [0.3, 0.4) is 0 Å². The van der Waals surface area contributed by atoms with E-state index in [1.165, 1.54) is 11.3 Å². The molecule has 1 saturated heterocycles. The summed E-state index contributed by atoms with van der Waals surface area (Å²) in [6, 6.07) is 1.95. The van der Waals surface area contributed by atoms with Gasteiger partial charge in [0.1, 0.15) is 5.82 Å². The smallest absolute Gasteiger partial charge is 0.366 e. The lowest BCUT2D eigenvalue weighted by atomic mass is 10.1. The van der Waals surface area contributed by atoms with Gasteiger partial charge in [0.15, 0.2) is 0 Å². The molecule has 1 aliphatic heterocycles. The minimum atomic E-state index is -4.26. The van der Waals surface area contributed by atoms with Crippen LogP contribution in [0.2, 0.25) is 0 Å². The lowest BCUT2D eigenvalue weighted by Crippen LogP contribution is -2.36. The number of fused-ring (bicyclic) bond motifs is 1. The second-order valence-electron chi connectivity index (χ2n) is 6.33. The van der Waals surface area contributed by atoms with E-state index >= 15 is 0 Å². The molecule has 2 aromatic heterocycles. The van der Waals surface area contributed by atoms with E-state index in [0.717, 1.165) is 30.6 Å². The molecule has 0 unspecified atom stereocenters. The van der Waals surface area contributed by atoms with E-state index in [9.17, 15) is 13.2 Å². The summed E-state index contributed by atoms with van der Waals surface area (Å²) in [7, 11) is 2.09. The molecule has 0 aliphatic carbocycles. The van der Waals surface area contributed by atoms with Crippen molar-refractivity contribution in [3.05, 3.63) is 22.7 Å². The molecule has 0 spiro atoms. The van der Waals surface area contributed by atoms with Gasteiger partial charge >= 0.3 is 6.18 Å². The lowest BCUT2D eigenvalue weighted by Gasteiger charge is -2.29. The first-order valence-electron chi connectivity index (χ1n) is 8.22. The minimum absolute atomic E-state index is 0.260. The molecule has 0 atom stereocenters. The number of piperidine rings is 1. The Morgan fingerprint density at radius 3 is 2.72 bits per heavy atom. The van der Waals surface area contributed by atoms with Crippen molar-refractivity contribution in [2.75, 3.05) is 25.5 Å². The molecule has 0 bridgehead atoms. The second kappa shape index (κ2) is 7.22. The monoisotopic (exact) mass is 367 g/mol.